The van der Waals surface area contributed by atoms with Gasteiger partial charge in [-0.15, -0.1) is 0 Å². The summed E-state index contributed by atoms with van der Waals surface area (Å²) in [4.78, 5) is 10.3. The third kappa shape index (κ3) is 4.06. The standard InChI is InChI=1S/C13H7BrCl2FNO3/c14-8-1-7(2-9(17)3-8)6-21-13-5-11(16)10(15)4-12(13)18(19)20/h1-5H,6H2. The van der Waals surface area contributed by atoms with Gasteiger partial charge < -0.3 is 4.74 Å². The van der Waals surface area contributed by atoms with E-state index in [4.69, 9.17) is 27.9 Å². The van der Waals surface area contributed by atoms with E-state index in [9.17, 15) is 14.5 Å². The first-order valence-corrected chi connectivity index (χ1v) is 7.13. The van der Waals surface area contributed by atoms with E-state index in [-0.39, 0.29) is 28.1 Å². The Labute approximate surface area is 137 Å². The fourth-order valence-electron chi connectivity index (χ4n) is 1.63. The summed E-state index contributed by atoms with van der Waals surface area (Å²) in [5, 5.41) is 11.2. The lowest BCUT2D eigenvalue weighted by atomic mass is 10.2. The maximum Gasteiger partial charge on any atom is 0.312 e. The van der Waals surface area contributed by atoms with Crippen molar-refractivity contribution in [1.29, 1.82) is 0 Å². The molecule has 0 aliphatic heterocycles. The Bertz CT molecular complexity index is 692. The van der Waals surface area contributed by atoms with E-state index >= 15 is 0 Å². The molecule has 0 aromatic heterocycles. The highest BCUT2D eigenvalue weighted by molar-refractivity contribution is 9.10. The van der Waals surface area contributed by atoms with Crippen LogP contribution in [-0.4, -0.2) is 4.92 Å². The van der Waals surface area contributed by atoms with Crippen molar-refractivity contribution in [2.24, 2.45) is 0 Å². The van der Waals surface area contributed by atoms with Gasteiger partial charge in [-0.25, -0.2) is 4.39 Å². The molecule has 0 N–H and O–H groups in total. The van der Waals surface area contributed by atoms with E-state index in [1.807, 2.05) is 0 Å². The minimum atomic E-state index is -0.626. The van der Waals surface area contributed by atoms with E-state index in [0.717, 1.165) is 6.07 Å². The molecule has 2 aromatic carbocycles. The number of ether oxygens (including phenoxy) is 1. The van der Waals surface area contributed by atoms with Crippen LogP contribution in [0.5, 0.6) is 5.75 Å². The molecule has 0 saturated carbocycles. The summed E-state index contributed by atoms with van der Waals surface area (Å²) < 4.78 is 19.2. The zero-order valence-electron chi connectivity index (χ0n) is 10.3. The number of halogens is 4. The summed E-state index contributed by atoms with van der Waals surface area (Å²) in [6.45, 7) is -0.0465. The molecule has 8 heteroatoms. The topological polar surface area (TPSA) is 52.4 Å². The average Bonchev–Trinajstić information content (AvgIpc) is 2.38. The van der Waals surface area contributed by atoms with E-state index in [1.54, 1.807) is 6.07 Å². The molecule has 0 heterocycles. The van der Waals surface area contributed by atoms with Crippen molar-refractivity contribution in [1.82, 2.24) is 0 Å². The molecule has 2 aromatic rings. The summed E-state index contributed by atoms with van der Waals surface area (Å²) >= 11 is 14.7. The first kappa shape index (κ1) is 16.0. The van der Waals surface area contributed by atoms with Gasteiger partial charge in [-0.05, 0) is 23.8 Å². The number of rotatable bonds is 4. The van der Waals surface area contributed by atoms with Crippen LogP contribution in [0.15, 0.2) is 34.8 Å². The Hall–Kier alpha value is -1.37. The fourth-order valence-corrected chi connectivity index (χ4v) is 2.46. The number of nitro benzene ring substituents is 1. The zero-order chi connectivity index (χ0) is 15.6. The molecule has 0 aliphatic carbocycles. The van der Waals surface area contributed by atoms with Crippen LogP contribution in [0.2, 0.25) is 10.0 Å². The third-order valence-electron chi connectivity index (χ3n) is 2.52. The van der Waals surface area contributed by atoms with Crippen molar-refractivity contribution in [2.75, 3.05) is 0 Å². The molecular weight excluding hydrogens is 388 g/mol. The van der Waals surface area contributed by atoms with Crippen LogP contribution in [-0.2, 0) is 6.61 Å². The van der Waals surface area contributed by atoms with Gasteiger partial charge in [-0.2, -0.15) is 0 Å². The number of benzene rings is 2. The Kier molecular flexibility index (Phi) is 5.03. The summed E-state index contributed by atoms with van der Waals surface area (Å²) in [6, 6.07) is 6.59. The summed E-state index contributed by atoms with van der Waals surface area (Å²) in [5.41, 5.74) is 0.210. The lowest BCUT2D eigenvalue weighted by molar-refractivity contribution is -0.385. The monoisotopic (exact) mass is 393 g/mol. The molecule has 0 bridgehead atoms. The van der Waals surface area contributed by atoms with Crippen molar-refractivity contribution in [2.45, 2.75) is 6.61 Å². The van der Waals surface area contributed by atoms with Crippen LogP contribution in [0.1, 0.15) is 5.56 Å². The van der Waals surface area contributed by atoms with Gasteiger partial charge in [0.1, 0.15) is 12.4 Å². The van der Waals surface area contributed by atoms with Crippen molar-refractivity contribution in [3.05, 3.63) is 66.3 Å². The fraction of sp³-hybridized carbons (Fsp3) is 0.0769. The van der Waals surface area contributed by atoms with Crippen LogP contribution in [0.3, 0.4) is 0 Å². The molecule has 110 valence electrons. The maximum absolute atomic E-state index is 13.2. The summed E-state index contributed by atoms with van der Waals surface area (Å²) in [7, 11) is 0. The van der Waals surface area contributed by atoms with E-state index in [1.165, 1.54) is 18.2 Å². The molecule has 21 heavy (non-hydrogen) atoms. The Morgan fingerprint density at radius 2 is 1.86 bits per heavy atom. The number of hydrogen-bond donors (Lipinski definition) is 0. The van der Waals surface area contributed by atoms with Gasteiger partial charge in [0.25, 0.3) is 0 Å². The number of nitro groups is 1. The highest BCUT2D eigenvalue weighted by atomic mass is 79.9. The van der Waals surface area contributed by atoms with Crippen LogP contribution >= 0.6 is 39.1 Å². The minimum absolute atomic E-state index is 0.0326. The predicted molar refractivity (Wildman–Crippen MR) is 81.5 cm³/mol. The molecule has 0 unspecified atom stereocenters. The SMILES string of the molecule is O=[N+]([O-])c1cc(Cl)c(Cl)cc1OCc1cc(F)cc(Br)c1. The van der Waals surface area contributed by atoms with Crippen molar-refractivity contribution in [3.63, 3.8) is 0 Å². The highest BCUT2D eigenvalue weighted by Crippen LogP contribution is 2.36. The number of nitrogens with zero attached hydrogens (tertiary/aromatic N) is 1. The van der Waals surface area contributed by atoms with Crippen molar-refractivity contribution < 1.29 is 14.1 Å². The first-order valence-electron chi connectivity index (χ1n) is 5.58. The molecule has 0 atom stereocenters. The second-order valence-electron chi connectivity index (χ2n) is 4.06. The zero-order valence-corrected chi connectivity index (χ0v) is 13.4. The molecule has 0 spiro atoms. The van der Waals surface area contributed by atoms with Crippen LogP contribution in [0, 0.1) is 15.9 Å². The van der Waals surface area contributed by atoms with Gasteiger partial charge in [0.15, 0.2) is 5.75 Å². The summed E-state index contributed by atoms with van der Waals surface area (Å²) in [5.74, 6) is -0.471. The van der Waals surface area contributed by atoms with E-state index in [0.29, 0.717) is 10.0 Å². The Morgan fingerprint density at radius 3 is 2.48 bits per heavy atom. The van der Waals surface area contributed by atoms with Gasteiger partial charge in [0, 0.05) is 16.6 Å². The lowest BCUT2D eigenvalue weighted by Gasteiger charge is -2.08. The normalized spacial score (nSPS) is 10.5. The van der Waals surface area contributed by atoms with Crippen LogP contribution < -0.4 is 4.74 Å². The highest BCUT2D eigenvalue weighted by Gasteiger charge is 2.18. The molecule has 0 aliphatic rings. The molecular formula is C13H7BrCl2FNO3. The van der Waals surface area contributed by atoms with Gasteiger partial charge >= 0.3 is 5.69 Å². The molecule has 0 fully saturated rings. The first-order chi connectivity index (χ1) is 9.86. The van der Waals surface area contributed by atoms with Crippen LogP contribution in [0.4, 0.5) is 10.1 Å². The largest absolute Gasteiger partial charge is 0.482 e. The quantitative estimate of drug-likeness (QED) is 0.516. The molecule has 0 saturated heterocycles. The Morgan fingerprint density at radius 1 is 1.19 bits per heavy atom. The lowest BCUT2D eigenvalue weighted by Crippen LogP contribution is -2.00. The van der Waals surface area contributed by atoms with Crippen molar-refractivity contribution >= 4 is 44.8 Å². The van der Waals surface area contributed by atoms with E-state index < -0.39 is 10.7 Å². The van der Waals surface area contributed by atoms with Crippen molar-refractivity contribution in [3.8, 4) is 5.75 Å². The van der Waals surface area contributed by atoms with Gasteiger partial charge in [-0.3, -0.25) is 10.1 Å². The Balaban J connectivity index is 2.27. The van der Waals surface area contributed by atoms with Crippen LogP contribution in [0.25, 0.3) is 0 Å². The van der Waals surface area contributed by atoms with E-state index in [2.05, 4.69) is 15.9 Å². The van der Waals surface area contributed by atoms with Gasteiger partial charge in [0.2, 0.25) is 0 Å². The summed E-state index contributed by atoms with van der Waals surface area (Å²) in [6.07, 6.45) is 0. The molecule has 2 rings (SSSR count). The second kappa shape index (κ2) is 6.60. The number of hydrogen-bond acceptors (Lipinski definition) is 3. The maximum atomic E-state index is 13.2. The average molecular weight is 395 g/mol. The predicted octanol–water partition coefficient (Wildman–Crippen LogP) is 5.38. The molecule has 0 radical (unpaired) electrons. The van der Waals surface area contributed by atoms with Gasteiger partial charge in [-0.1, -0.05) is 39.1 Å². The van der Waals surface area contributed by atoms with Gasteiger partial charge in [0.05, 0.1) is 15.0 Å². The molecule has 4 nitrogen and oxygen atoms in total. The second-order valence-corrected chi connectivity index (χ2v) is 5.79. The smallest absolute Gasteiger partial charge is 0.312 e. The molecule has 0 amide bonds. The third-order valence-corrected chi connectivity index (χ3v) is 3.70. The minimum Gasteiger partial charge on any atom is -0.482 e.